The molecular weight excluding hydrogens is 270 g/mol. The van der Waals surface area contributed by atoms with Crippen molar-refractivity contribution in [1.29, 1.82) is 0 Å². The van der Waals surface area contributed by atoms with E-state index in [0.29, 0.717) is 24.6 Å². The molecular formula is C16H21NO4. The van der Waals surface area contributed by atoms with Crippen molar-refractivity contribution in [3.63, 3.8) is 0 Å². The number of aliphatic carboxylic acids is 1. The van der Waals surface area contributed by atoms with Crippen LogP contribution < -0.4 is 5.32 Å². The van der Waals surface area contributed by atoms with E-state index in [1.165, 1.54) is 12.8 Å². The van der Waals surface area contributed by atoms with Gasteiger partial charge in [-0.3, -0.25) is 9.59 Å². The Kier molecular flexibility index (Phi) is 5.33. The number of rotatable bonds is 8. The van der Waals surface area contributed by atoms with Gasteiger partial charge in [0.1, 0.15) is 6.61 Å². The van der Waals surface area contributed by atoms with E-state index in [-0.39, 0.29) is 12.5 Å². The third-order valence-corrected chi connectivity index (χ3v) is 3.48. The van der Waals surface area contributed by atoms with E-state index in [4.69, 9.17) is 9.84 Å². The molecule has 0 aromatic heterocycles. The average molecular weight is 291 g/mol. The summed E-state index contributed by atoms with van der Waals surface area (Å²) in [6.45, 7) is 2.42. The van der Waals surface area contributed by atoms with Crippen LogP contribution in [-0.4, -0.2) is 30.2 Å². The van der Waals surface area contributed by atoms with Crippen molar-refractivity contribution in [2.45, 2.75) is 26.2 Å². The van der Waals surface area contributed by atoms with Crippen molar-refractivity contribution in [3.8, 4) is 0 Å². The number of hydrogen-bond donors (Lipinski definition) is 2. The number of carboxylic acid groups (broad SMARTS) is 1. The molecule has 5 heteroatoms. The highest BCUT2D eigenvalue weighted by molar-refractivity contribution is 5.91. The monoisotopic (exact) mass is 291 g/mol. The van der Waals surface area contributed by atoms with Gasteiger partial charge in [-0.2, -0.15) is 0 Å². The van der Waals surface area contributed by atoms with Gasteiger partial charge in [0.15, 0.2) is 0 Å². The summed E-state index contributed by atoms with van der Waals surface area (Å²) < 4.78 is 5.32. The summed E-state index contributed by atoms with van der Waals surface area (Å²) in [5.41, 5.74) is 1.63. The van der Waals surface area contributed by atoms with Crippen LogP contribution in [0.2, 0.25) is 0 Å². The first-order valence-corrected chi connectivity index (χ1v) is 7.24. The second kappa shape index (κ2) is 7.22. The predicted octanol–water partition coefficient (Wildman–Crippen LogP) is 2.31. The van der Waals surface area contributed by atoms with Crippen LogP contribution in [0.5, 0.6) is 0 Å². The van der Waals surface area contributed by atoms with Gasteiger partial charge in [-0.1, -0.05) is 19.1 Å². The van der Waals surface area contributed by atoms with Crippen molar-refractivity contribution < 1.29 is 19.4 Å². The largest absolute Gasteiger partial charge is 0.481 e. The van der Waals surface area contributed by atoms with E-state index in [0.717, 1.165) is 5.56 Å². The Hall–Kier alpha value is -1.88. The highest BCUT2D eigenvalue weighted by Crippen LogP contribution is 2.28. The fourth-order valence-electron chi connectivity index (χ4n) is 1.96. The Morgan fingerprint density at radius 2 is 2.00 bits per heavy atom. The molecule has 1 atom stereocenters. The van der Waals surface area contributed by atoms with Crippen molar-refractivity contribution in [2.75, 3.05) is 18.5 Å². The summed E-state index contributed by atoms with van der Waals surface area (Å²) >= 11 is 0. The number of nitrogens with one attached hydrogen (secondary N) is 1. The van der Waals surface area contributed by atoms with Crippen LogP contribution in [0.3, 0.4) is 0 Å². The third kappa shape index (κ3) is 5.55. The molecule has 0 radical (unpaired) electrons. The molecule has 0 aliphatic heterocycles. The van der Waals surface area contributed by atoms with Crippen LogP contribution in [0.15, 0.2) is 24.3 Å². The van der Waals surface area contributed by atoms with Gasteiger partial charge < -0.3 is 15.2 Å². The van der Waals surface area contributed by atoms with Gasteiger partial charge in [0.05, 0.1) is 12.5 Å². The van der Waals surface area contributed by atoms with E-state index in [1.54, 1.807) is 19.1 Å². The molecule has 5 nitrogen and oxygen atoms in total. The molecule has 2 N–H and O–H groups in total. The number of carbonyl (C=O) groups excluding carboxylic acids is 1. The van der Waals surface area contributed by atoms with Crippen molar-refractivity contribution in [3.05, 3.63) is 29.8 Å². The molecule has 0 heterocycles. The van der Waals surface area contributed by atoms with Crippen LogP contribution >= 0.6 is 0 Å². The Morgan fingerprint density at radius 1 is 1.33 bits per heavy atom. The van der Waals surface area contributed by atoms with Gasteiger partial charge in [-0.15, -0.1) is 0 Å². The number of carbonyl (C=O) groups is 2. The molecule has 0 bridgehead atoms. The van der Waals surface area contributed by atoms with E-state index < -0.39 is 11.9 Å². The Bertz CT molecular complexity index is 494. The number of hydrogen-bond acceptors (Lipinski definition) is 3. The number of benzene rings is 1. The van der Waals surface area contributed by atoms with Gasteiger partial charge in [0, 0.05) is 5.69 Å². The lowest BCUT2D eigenvalue weighted by molar-refractivity contribution is -0.141. The quantitative estimate of drug-likeness (QED) is 0.770. The fraction of sp³-hybridized carbons (Fsp3) is 0.500. The van der Waals surface area contributed by atoms with Crippen molar-refractivity contribution in [1.82, 2.24) is 0 Å². The van der Waals surface area contributed by atoms with E-state index in [9.17, 15) is 9.59 Å². The molecule has 1 aliphatic carbocycles. The molecule has 0 saturated heterocycles. The molecule has 0 spiro atoms. The highest BCUT2D eigenvalue weighted by Gasteiger charge is 2.21. The minimum atomic E-state index is -0.805. The van der Waals surface area contributed by atoms with Gasteiger partial charge in [-0.25, -0.2) is 0 Å². The molecule has 1 aromatic carbocycles. The maximum Gasteiger partial charge on any atom is 0.306 e. The van der Waals surface area contributed by atoms with Crippen LogP contribution in [0.25, 0.3) is 0 Å². The second-order valence-corrected chi connectivity index (χ2v) is 5.65. The van der Waals surface area contributed by atoms with Crippen LogP contribution in [0.1, 0.15) is 25.3 Å². The molecule has 1 unspecified atom stereocenters. The Balaban J connectivity index is 1.75. The molecule has 1 saturated carbocycles. The van der Waals surface area contributed by atoms with Gasteiger partial charge in [-0.05, 0) is 42.9 Å². The van der Waals surface area contributed by atoms with Gasteiger partial charge in [0.25, 0.3) is 0 Å². The number of amides is 1. The Morgan fingerprint density at radius 3 is 2.57 bits per heavy atom. The first-order valence-electron chi connectivity index (χ1n) is 7.24. The van der Waals surface area contributed by atoms with Gasteiger partial charge in [0.2, 0.25) is 5.91 Å². The molecule has 1 amide bonds. The zero-order valence-electron chi connectivity index (χ0n) is 12.2. The maximum atomic E-state index is 11.7. The highest BCUT2D eigenvalue weighted by atomic mass is 16.5. The molecule has 1 fully saturated rings. The molecule has 1 aliphatic rings. The Labute approximate surface area is 124 Å². The topological polar surface area (TPSA) is 75.6 Å². The minimum absolute atomic E-state index is 0.0777. The summed E-state index contributed by atoms with van der Waals surface area (Å²) in [6.07, 6.45) is 2.89. The van der Waals surface area contributed by atoms with Crippen LogP contribution in [0.4, 0.5) is 5.69 Å². The smallest absolute Gasteiger partial charge is 0.306 e. The second-order valence-electron chi connectivity index (χ2n) is 5.65. The standard InChI is InChI=1S/C16H21NO4/c1-11(16(19)20)8-12-4-6-14(7-5-12)17-15(18)10-21-9-13-2-3-13/h4-7,11,13H,2-3,8-10H2,1H3,(H,17,18)(H,19,20). The minimum Gasteiger partial charge on any atom is -0.481 e. The number of ether oxygens (including phenoxy) is 1. The van der Waals surface area contributed by atoms with Crippen molar-refractivity contribution >= 4 is 17.6 Å². The van der Waals surface area contributed by atoms with Gasteiger partial charge >= 0.3 is 5.97 Å². The molecule has 1 aromatic rings. The first kappa shape index (κ1) is 15.5. The lowest BCUT2D eigenvalue weighted by atomic mass is 10.0. The van der Waals surface area contributed by atoms with E-state index in [1.807, 2.05) is 12.1 Å². The van der Waals surface area contributed by atoms with E-state index in [2.05, 4.69) is 5.32 Å². The maximum absolute atomic E-state index is 11.7. The summed E-state index contributed by atoms with van der Waals surface area (Å²) in [6, 6.07) is 7.23. The normalized spacial score (nSPS) is 15.5. The fourth-order valence-corrected chi connectivity index (χ4v) is 1.96. The van der Waals surface area contributed by atoms with Crippen molar-refractivity contribution in [2.24, 2.45) is 11.8 Å². The number of anilines is 1. The SMILES string of the molecule is CC(Cc1ccc(NC(=O)COCC2CC2)cc1)C(=O)O. The van der Waals surface area contributed by atoms with Crippen LogP contribution in [0, 0.1) is 11.8 Å². The molecule has 21 heavy (non-hydrogen) atoms. The van der Waals surface area contributed by atoms with Crippen LogP contribution in [-0.2, 0) is 20.7 Å². The summed E-state index contributed by atoms with van der Waals surface area (Å²) in [7, 11) is 0. The zero-order valence-corrected chi connectivity index (χ0v) is 12.2. The summed E-state index contributed by atoms with van der Waals surface area (Å²) in [5.74, 6) is -0.739. The lowest BCUT2D eigenvalue weighted by Crippen LogP contribution is -2.19. The third-order valence-electron chi connectivity index (χ3n) is 3.48. The summed E-state index contributed by atoms with van der Waals surface area (Å²) in [4.78, 5) is 22.5. The zero-order chi connectivity index (χ0) is 15.2. The predicted molar refractivity (Wildman–Crippen MR) is 79.1 cm³/mol. The number of carboxylic acids is 1. The summed E-state index contributed by atoms with van der Waals surface area (Å²) in [5, 5.41) is 11.6. The molecule has 114 valence electrons. The average Bonchev–Trinajstić information content (AvgIpc) is 3.25. The lowest BCUT2D eigenvalue weighted by Gasteiger charge is -2.09. The van der Waals surface area contributed by atoms with E-state index >= 15 is 0 Å². The first-order chi connectivity index (χ1) is 10.0. The molecule has 2 rings (SSSR count).